The molecule has 0 atom stereocenters. The van der Waals surface area contributed by atoms with Gasteiger partial charge in [0.2, 0.25) is 0 Å². The van der Waals surface area contributed by atoms with Crippen molar-refractivity contribution in [3.05, 3.63) is 24.3 Å². The van der Waals surface area contributed by atoms with Crippen LogP contribution in [0.3, 0.4) is 0 Å². The standard InChI is InChI=1S/C8H5N2OS/c11-5-12-8-9-6-3-1-2-4-7(6)10-8/h1-4H,(H,9,10). The molecule has 0 aliphatic carbocycles. The SMILES string of the molecule is O=[C]Sc1nc2ccccc2[nH]1. The van der Waals surface area contributed by atoms with Gasteiger partial charge in [-0.2, -0.15) is 0 Å². The Kier molecular flexibility index (Phi) is 1.83. The van der Waals surface area contributed by atoms with E-state index in [-0.39, 0.29) is 0 Å². The lowest BCUT2D eigenvalue weighted by Gasteiger charge is -1.81. The number of nitrogens with zero attached hydrogens (tertiary/aromatic N) is 1. The molecule has 12 heavy (non-hydrogen) atoms. The number of fused-ring (bicyclic) bond motifs is 1. The topological polar surface area (TPSA) is 45.8 Å². The second kappa shape index (κ2) is 2.98. The van der Waals surface area contributed by atoms with E-state index in [1.54, 1.807) is 5.62 Å². The number of imidazole rings is 1. The molecule has 0 amide bonds. The van der Waals surface area contributed by atoms with Gasteiger partial charge >= 0.3 is 0 Å². The fourth-order valence-corrected chi connectivity index (χ4v) is 1.40. The molecular formula is C8H5N2OS. The number of aromatic nitrogens is 2. The molecule has 1 aromatic heterocycles. The number of hydrogen-bond acceptors (Lipinski definition) is 3. The Bertz CT molecular complexity index is 377. The van der Waals surface area contributed by atoms with Crippen molar-refractivity contribution in [1.29, 1.82) is 0 Å². The first-order chi connectivity index (χ1) is 5.90. The number of carbonyl (C=O) groups excluding carboxylic acids is 1. The maximum absolute atomic E-state index is 10.0. The Balaban J connectivity index is 2.54. The summed E-state index contributed by atoms with van der Waals surface area (Å²) in [4.78, 5) is 17.2. The van der Waals surface area contributed by atoms with Gasteiger partial charge in [-0.1, -0.05) is 12.1 Å². The largest absolute Gasteiger partial charge is 0.333 e. The number of hydrogen-bond donors (Lipinski definition) is 1. The molecule has 0 unspecified atom stereocenters. The van der Waals surface area contributed by atoms with Crippen LogP contribution in [0.1, 0.15) is 0 Å². The predicted molar refractivity (Wildman–Crippen MR) is 47.6 cm³/mol. The first kappa shape index (κ1) is 7.36. The van der Waals surface area contributed by atoms with Crippen LogP contribution in [0.25, 0.3) is 11.0 Å². The van der Waals surface area contributed by atoms with Crippen molar-refractivity contribution in [2.24, 2.45) is 0 Å². The fourth-order valence-electron chi connectivity index (χ4n) is 1.02. The first-order valence-electron chi connectivity index (χ1n) is 3.39. The van der Waals surface area contributed by atoms with Crippen molar-refractivity contribution in [1.82, 2.24) is 9.97 Å². The normalized spacial score (nSPS) is 10.3. The first-order valence-corrected chi connectivity index (χ1v) is 4.20. The Morgan fingerprint density at radius 3 is 3.00 bits per heavy atom. The van der Waals surface area contributed by atoms with E-state index in [2.05, 4.69) is 9.97 Å². The molecule has 2 aromatic rings. The average molecular weight is 177 g/mol. The van der Waals surface area contributed by atoms with E-state index in [9.17, 15) is 4.79 Å². The smallest absolute Gasteiger partial charge is 0.274 e. The molecule has 0 aliphatic heterocycles. The van der Waals surface area contributed by atoms with Gasteiger partial charge in [0.25, 0.3) is 5.62 Å². The van der Waals surface area contributed by atoms with E-state index in [0.29, 0.717) is 5.16 Å². The van der Waals surface area contributed by atoms with Crippen molar-refractivity contribution in [3.63, 3.8) is 0 Å². The molecule has 0 aliphatic rings. The second-order valence-electron chi connectivity index (χ2n) is 2.24. The van der Waals surface area contributed by atoms with Crippen molar-refractivity contribution >= 4 is 28.4 Å². The molecule has 0 saturated heterocycles. The molecular weight excluding hydrogens is 172 g/mol. The number of rotatable bonds is 2. The zero-order valence-electron chi connectivity index (χ0n) is 6.07. The zero-order valence-corrected chi connectivity index (χ0v) is 6.89. The molecule has 1 radical (unpaired) electrons. The summed E-state index contributed by atoms with van der Waals surface area (Å²) in [5.74, 6) is 0. The van der Waals surface area contributed by atoms with Crippen LogP contribution in [0.15, 0.2) is 29.4 Å². The molecule has 4 heteroatoms. The highest BCUT2D eigenvalue weighted by atomic mass is 32.2. The van der Waals surface area contributed by atoms with Crippen LogP contribution < -0.4 is 0 Å². The molecule has 2 rings (SSSR count). The Morgan fingerprint density at radius 2 is 2.25 bits per heavy atom. The van der Waals surface area contributed by atoms with Gasteiger partial charge in [-0.25, -0.2) is 4.98 Å². The molecule has 1 aromatic carbocycles. The summed E-state index contributed by atoms with van der Waals surface area (Å²) < 4.78 is 0. The van der Waals surface area contributed by atoms with Gasteiger partial charge in [0, 0.05) is 0 Å². The molecule has 0 fully saturated rings. The molecule has 0 saturated carbocycles. The summed E-state index contributed by atoms with van der Waals surface area (Å²) in [6.07, 6.45) is 0. The van der Waals surface area contributed by atoms with Crippen molar-refractivity contribution in [3.8, 4) is 0 Å². The van der Waals surface area contributed by atoms with Crippen LogP contribution in [0.5, 0.6) is 0 Å². The predicted octanol–water partition coefficient (Wildman–Crippen LogP) is 1.72. The lowest BCUT2D eigenvalue weighted by Crippen LogP contribution is -1.70. The van der Waals surface area contributed by atoms with Crippen LogP contribution in [-0.4, -0.2) is 15.6 Å². The molecule has 0 bridgehead atoms. The quantitative estimate of drug-likeness (QED) is 0.710. The summed E-state index contributed by atoms with van der Waals surface area (Å²) in [5.41, 5.74) is 3.53. The second-order valence-corrected chi connectivity index (χ2v) is 3.00. The molecule has 1 N–H and O–H groups in total. The Labute approximate surface area is 73.2 Å². The maximum atomic E-state index is 10.0. The van der Waals surface area contributed by atoms with Gasteiger partial charge in [-0.05, 0) is 23.9 Å². The van der Waals surface area contributed by atoms with Gasteiger partial charge in [-0.3, -0.25) is 4.79 Å². The van der Waals surface area contributed by atoms with E-state index in [0.717, 1.165) is 22.8 Å². The summed E-state index contributed by atoms with van der Waals surface area (Å²) >= 11 is 0.929. The summed E-state index contributed by atoms with van der Waals surface area (Å²) in [5, 5.41) is 0.589. The molecule has 0 spiro atoms. The third kappa shape index (κ3) is 1.21. The van der Waals surface area contributed by atoms with Crippen LogP contribution in [-0.2, 0) is 4.79 Å². The van der Waals surface area contributed by atoms with Gasteiger partial charge < -0.3 is 4.98 Å². The van der Waals surface area contributed by atoms with Crippen molar-refractivity contribution in [2.45, 2.75) is 5.16 Å². The Hall–Kier alpha value is -1.29. The van der Waals surface area contributed by atoms with Crippen LogP contribution in [0, 0.1) is 0 Å². The van der Waals surface area contributed by atoms with Gasteiger partial charge in [-0.15, -0.1) is 0 Å². The van der Waals surface area contributed by atoms with Crippen LogP contribution in [0.4, 0.5) is 0 Å². The van der Waals surface area contributed by atoms with E-state index in [1.807, 2.05) is 24.3 Å². The number of benzene rings is 1. The molecule has 59 valence electrons. The van der Waals surface area contributed by atoms with Crippen LogP contribution in [0.2, 0.25) is 0 Å². The van der Waals surface area contributed by atoms with E-state index >= 15 is 0 Å². The molecule has 1 heterocycles. The highest BCUT2D eigenvalue weighted by molar-refractivity contribution is 8.11. The van der Waals surface area contributed by atoms with Crippen molar-refractivity contribution < 1.29 is 4.79 Å². The Morgan fingerprint density at radius 1 is 1.42 bits per heavy atom. The third-order valence-electron chi connectivity index (χ3n) is 1.51. The highest BCUT2D eigenvalue weighted by Gasteiger charge is 2.00. The lowest BCUT2D eigenvalue weighted by atomic mass is 10.3. The number of para-hydroxylation sites is 2. The minimum atomic E-state index is 0.589. The lowest BCUT2D eigenvalue weighted by molar-refractivity contribution is 0.570. The average Bonchev–Trinajstić information content (AvgIpc) is 2.47. The van der Waals surface area contributed by atoms with Crippen molar-refractivity contribution in [2.75, 3.05) is 0 Å². The monoisotopic (exact) mass is 177 g/mol. The van der Waals surface area contributed by atoms with E-state index in [4.69, 9.17) is 0 Å². The summed E-state index contributed by atoms with van der Waals surface area (Å²) in [7, 11) is 0. The zero-order chi connectivity index (χ0) is 8.39. The van der Waals surface area contributed by atoms with Gasteiger partial charge in [0.05, 0.1) is 11.0 Å². The van der Waals surface area contributed by atoms with Crippen LogP contribution >= 0.6 is 11.8 Å². The number of aromatic amines is 1. The van der Waals surface area contributed by atoms with Gasteiger partial charge in [0.15, 0.2) is 5.16 Å². The number of nitrogens with one attached hydrogen (secondary N) is 1. The minimum absolute atomic E-state index is 0.589. The fraction of sp³-hybridized carbons (Fsp3) is 0. The summed E-state index contributed by atoms with van der Waals surface area (Å²) in [6, 6.07) is 7.62. The van der Waals surface area contributed by atoms with E-state index < -0.39 is 0 Å². The van der Waals surface area contributed by atoms with Gasteiger partial charge in [0.1, 0.15) is 0 Å². The van der Waals surface area contributed by atoms with E-state index in [1.165, 1.54) is 0 Å². The third-order valence-corrected chi connectivity index (χ3v) is 1.98. The highest BCUT2D eigenvalue weighted by Crippen LogP contribution is 2.16. The minimum Gasteiger partial charge on any atom is -0.333 e. The maximum Gasteiger partial charge on any atom is 0.274 e. The molecule has 3 nitrogen and oxygen atoms in total. The number of thioether (sulfide) groups is 1. The number of H-pyrrole nitrogens is 1. The summed E-state index contributed by atoms with van der Waals surface area (Å²) in [6.45, 7) is 0.